The summed E-state index contributed by atoms with van der Waals surface area (Å²) in [5, 5.41) is 2.97. The molecule has 0 aromatic heterocycles. The van der Waals surface area contributed by atoms with Crippen LogP contribution in [0.15, 0.2) is 23.1 Å². The number of nitrogens with zero attached hydrogens (tertiary/aromatic N) is 1. The minimum absolute atomic E-state index is 0.0291. The number of amides is 1. The van der Waals surface area contributed by atoms with Crippen molar-refractivity contribution >= 4 is 21.9 Å². The van der Waals surface area contributed by atoms with Crippen LogP contribution in [0.1, 0.15) is 49.0 Å². The van der Waals surface area contributed by atoms with Crippen LogP contribution in [0.4, 0.5) is 0 Å². The predicted octanol–water partition coefficient (Wildman–Crippen LogP) is 2.11. The van der Waals surface area contributed by atoms with E-state index in [0.717, 1.165) is 19.3 Å². The van der Waals surface area contributed by atoms with Crippen LogP contribution in [0, 0.1) is 18.8 Å². The molecule has 1 aromatic carbocycles. The van der Waals surface area contributed by atoms with E-state index in [1.807, 2.05) is 0 Å². The zero-order valence-electron chi connectivity index (χ0n) is 18.4. The molecular formula is C22H32N2O6S. The molecule has 1 saturated heterocycles. The maximum absolute atomic E-state index is 12.9. The average molecular weight is 453 g/mol. The van der Waals surface area contributed by atoms with Gasteiger partial charge in [-0.1, -0.05) is 32.8 Å². The SMILES string of the molecule is Cc1ccc(S(=O)(=O)N2CCOCC2)cc1C(=O)OCC(=O)N[C@@H]1CCC[C@H](C)[C@@H]1C. The Kier molecular flexibility index (Phi) is 7.72. The fourth-order valence-electron chi connectivity index (χ4n) is 4.16. The highest BCUT2D eigenvalue weighted by Gasteiger charge is 2.29. The molecule has 172 valence electrons. The number of hydrogen-bond acceptors (Lipinski definition) is 6. The predicted molar refractivity (Wildman–Crippen MR) is 115 cm³/mol. The second-order valence-electron chi connectivity index (χ2n) is 8.51. The summed E-state index contributed by atoms with van der Waals surface area (Å²) >= 11 is 0. The minimum Gasteiger partial charge on any atom is -0.452 e. The number of sulfonamides is 1. The quantitative estimate of drug-likeness (QED) is 0.664. The molecule has 31 heavy (non-hydrogen) atoms. The maximum Gasteiger partial charge on any atom is 0.338 e. The first-order valence-corrected chi connectivity index (χ1v) is 12.3. The van der Waals surface area contributed by atoms with Crippen LogP contribution in [0.2, 0.25) is 0 Å². The molecule has 1 heterocycles. The Morgan fingerprint density at radius 2 is 1.90 bits per heavy atom. The van der Waals surface area contributed by atoms with Crippen molar-refractivity contribution in [2.75, 3.05) is 32.9 Å². The van der Waals surface area contributed by atoms with Crippen LogP contribution >= 0.6 is 0 Å². The third kappa shape index (κ3) is 5.64. The van der Waals surface area contributed by atoms with Crippen molar-refractivity contribution in [1.82, 2.24) is 9.62 Å². The summed E-state index contributed by atoms with van der Waals surface area (Å²) in [5.74, 6) is -0.135. The summed E-state index contributed by atoms with van der Waals surface area (Å²) in [6, 6.07) is 4.47. The van der Waals surface area contributed by atoms with E-state index in [4.69, 9.17) is 9.47 Å². The van der Waals surface area contributed by atoms with Crippen molar-refractivity contribution in [2.24, 2.45) is 11.8 Å². The van der Waals surface area contributed by atoms with E-state index in [0.29, 0.717) is 30.6 Å². The molecule has 0 spiro atoms. The van der Waals surface area contributed by atoms with Gasteiger partial charge in [0.1, 0.15) is 0 Å². The third-order valence-corrected chi connectivity index (χ3v) is 8.32. The molecule has 2 aliphatic rings. The van der Waals surface area contributed by atoms with E-state index in [2.05, 4.69) is 19.2 Å². The standard InChI is InChI=1S/C22H32N2O6S/c1-15-5-4-6-20(17(15)3)23-21(25)14-30-22(26)19-13-18(8-7-16(19)2)31(27,28)24-9-11-29-12-10-24/h7-8,13,15,17,20H,4-6,9-12,14H2,1-3H3,(H,23,25)/t15-,17-,20+/m0/s1. The number of rotatable bonds is 6. The fourth-order valence-corrected chi connectivity index (χ4v) is 5.60. The Hall–Kier alpha value is -1.97. The molecule has 9 heteroatoms. The Morgan fingerprint density at radius 1 is 1.19 bits per heavy atom. The van der Waals surface area contributed by atoms with Crippen molar-refractivity contribution in [3.63, 3.8) is 0 Å². The van der Waals surface area contributed by atoms with Crippen molar-refractivity contribution in [3.8, 4) is 0 Å². The lowest BCUT2D eigenvalue weighted by atomic mass is 9.78. The van der Waals surface area contributed by atoms with E-state index < -0.39 is 22.6 Å². The van der Waals surface area contributed by atoms with E-state index in [-0.39, 0.29) is 35.5 Å². The summed E-state index contributed by atoms with van der Waals surface area (Å²) in [4.78, 5) is 24.9. The minimum atomic E-state index is -3.73. The van der Waals surface area contributed by atoms with Crippen LogP contribution in [-0.4, -0.2) is 63.6 Å². The van der Waals surface area contributed by atoms with Crippen LogP contribution in [0.5, 0.6) is 0 Å². The fraction of sp³-hybridized carbons (Fsp3) is 0.636. The number of morpholine rings is 1. The summed E-state index contributed by atoms with van der Waals surface area (Å²) in [5.41, 5.74) is 0.725. The van der Waals surface area contributed by atoms with E-state index in [9.17, 15) is 18.0 Å². The molecule has 0 bridgehead atoms. The topological polar surface area (TPSA) is 102 Å². The van der Waals surface area contributed by atoms with Gasteiger partial charge in [-0.25, -0.2) is 13.2 Å². The molecule has 1 aliphatic carbocycles. The highest BCUT2D eigenvalue weighted by Crippen LogP contribution is 2.29. The molecule has 1 saturated carbocycles. The van der Waals surface area contributed by atoms with E-state index >= 15 is 0 Å². The monoisotopic (exact) mass is 452 g/mol. The second-order valence-corrected chi connectivity index (χ2v) is 10.4. The highest BCUT2D eigenvalue weighted by molar-refractivity contribution is 7.89. The summed E-state index contributed by atoms with van der Waals surface area (Å²) in [6.45, 7) is 6.85. The molecule has 1 amide bonds. The number of aryl methyl sites for hydroxylation is 1. The van der Waals surface area contributed by atoms with Gasteiger partial charge in [0.25, 0.3) is 5.91 Å². The van der Waals surface area contributed by atoms with Crippen molar-refractivity contribution in [3.05, 3.63) is 29.3 Å². The molecule has 3 atom stereocenters. The van der Waals surface area contributed by atoms with Crippen LogP contribution in [-0.2, 0) is 24.3 Å². The molecule has 1 N–H and O–H groups in total. The Bertz CT molecular complexity index is 911. The lowest BCUT2D eigenvalue weighted by Gasteiger charge is -2.34. The first-order chi connectivity index (χ1) is 14.7. The molecule has 3 rings (SSSR count). The summed E-state index contributed by atoms with van der Waals surface area (Å²) in [7, 11) is -3.73. The van der Waals surface area contributed by atoms with Gasteiger partial charge in [0, 0.05) is 19.1 Å². The van der Waals surface area contributed by atoms with Crippen molar-refractivity contribution < 1.29 is 27.5 Å². The number of ether oxygens (including phenoxy) is 2. The zero-order valence-corrected chi connectivity index (χ0v) is 19.2. The molecule has 1 aromatic rings. The number of benzene rings is 1. The van der Waals surface area contributed by atoms with E-state index in [1.165, 1.54) is 16.4 Å². The number of nitrogens with one attached hydrogen (secondary N) is 1. The lowest BCUT2D eigenvalue weighted by Crippen LogP contribution is -2.45. The molecule has 8 nitrogen and oxygen atoms in total. The first-order valence-electron chi connectivity index (χ1n) is 10.8. The number of hydrogen-bond donors (Lipinski definition) is 1. The van der Waals surface area contributed by atoms with Gasteiger partial charge in [-0.2, -0.15) is 4.31 Å². The number of esters is 1. The van der Waals surface area contributed by atoms with Gasteiger partial charge in [0.05, 0.1) is 23.7 Å². The van der Waals surface area contributed by atoms with Gasteiger partial charge >= 0.3 is 5.97 Å². The van der Waals surface area contributed by atoms with Gasteiger partial charge < -0.3 is 14.8 Å². The highest BCUT2D eigenvalue weighted by atomic mass is 32.2. The maximum atomic E-state index is 12.9. The molecule has 0 unspecified atom stereocenters. The molecule has 1 aliphatic heterocycles. The van der Waals surface area contributed by atoms with E-state index in [1.54, 1.807) is 13.0 Å². The molecular weight excluding hydrogens is 420 g/mol. The van der Waals surface area contributed by atoms with Crippen molar-refractivity contribution in [1.29, 1.82) is 0 Å². The molecule has 2 fully saturated rings. The first kappa shape index (κ1) is 23.7. The third-order valence-electron chi connectivity index (χ3n) is 6.42. The lowest BCUT2D eigenvalue weighted by molar-refractivity contribution is -0.125. The Labute approximate surface area is 184 Å². The summed E-state index contributed by atoms with van der Waals surface area (Å²) < 4.78 is 37.5. The van der Waals surface area contributed by atoms with Gasteiger partial charge in [-0.15, -0.1) is 0 Å². The average Bonchev–Trinajstić information content (AvgIpc) is 2.76. The van der Waals surface area contributed by atoms with Gasteiger partial charge in [-0.05, 0) is 42.9 Å². The Morgan fingerprint density at radius 3 is 2.61 bits per heavy atom. The van der Waals surface area contributed by atoms with Crippen LogP contribution in [0.3, 0.4) is 0 Å². The normalized spacial score (nSPS) is 25.1. The van der Waals surface area contributed by atoms with Crippen LogP contribution in [0.25, 0.3) is 0 Å². The number of carbonyl (C=O) groups excluding carboxylic acids is 2. The zero-order chi connectivity index (χ0) is 22.6. The Balaban J connectivity index is 1.63. The van der Waals surface area contributed by atoms with Gasteiger partial charge in [0.15, 0.2) is 6.61 Å². The van der Waals surface area contributed by atoms with Crippen LogP contribution < -0.4 is 5.32 Å². The smallest absolute Gasteiger partial charge is 0.338 e. The largest absolute Gasteiger partial charge is 0.452 e. The van der Waals surface area contributed by atoms with Crippen molar-refractivity contribution in [2.45, 2.75) is 51.0 Å². The number of carbonyl (C=O) groups is 2. The second kappa shape index (κ2) is 10.1. The van der Waals surface area contributed by atoms with Gasteiger partial charge in [-0.3, -0.25) is 4.79 Å². The summed E-state index contributed by atoms with van der Waals surface area (Å²) in [6.07, 6.45) is 3.15. The van der Waals surface area contributed by atoms with Gasteiger partial charge in [0.2, 0.25) is 10.0 Å². The molecule has 0 radical (unpaired) electrons.